The van der Waals surface area contributed by atoms with Crippen molar-refractivity contribution in [2.45, 2.75) is 39.5 Å². The molecule has 0 aromatic rings. The fourth-order valence-corrected chi connectivity index (χ4v) is 1.94. The maximum Gasteiger partial charge on any atom is 0.0963 e. The van der Waals surface area contributed by atoms with Crippen molar-refractivity contribution in [1.82, 2.24) is 10.2 Å². The molecule has 0 saturated carbocycles. The molecule has 0 bridgehead atoms. The molecule has 1 aliphatic heterocycles. The van der Waals surface area contributed by atoms with Gasteiger partial charge in [-0.3, -0.25) is 4.99 Å². The molecular formula is C12H25N3. The van der Waals surface area contributed by atoms with Gasteiger partial charge in [0.2, 0.25) is 0 Å². The summed E-state index contributed by atoms with van der Waals surface area (Å²) in [4.78, 5) is 6.97. The molecule has 1 N–H and O–H groups in total. The molecule has 0 fully saturated rings. The van der Waals surface area contributed by atoms with E-state index in [0.717, 1.165) is 32.6 Å². The van der Waals surface area contributed by atoms with Gasteiger partial charge >= 0.3 is 0 Å². The van der Waals surface area contributed by atoms with E-state index in [2.05, 4.69) is 29.1 Å². The van der Waals surface area contributed by atoms with E-state index in [9.17, 15) is 0 Å². The van der Waals surface area contributed by atoms with Crippen LogP contribution < -0.4 is 5.32 Å². The number of nitrogens with one attached hydrogen (secondary N) is 1. The molecule has 0 unspecified atom stereocenters. The Hall–Kier alpha value is -0.570. The highest BCUT2D eigenvalue weighted by atomic mass is 15.1. The summed E-state index contributed by atoms with van der Waals surface area (Å²) < 4.78 is 0. The molecule has 1 rings (SSSR count). The molecule has 0 amide bonds. The van der Waals surface area contributed by atoms with Crippen molar-refractivity contribution in [3.8, 4) is 0 Å². The first-order chi connectivity index (χ1) is 7.36. The Kier molecular flexibility index (Phi) is 6.41. The van der Waals surface area contributed by atoms with E-state index in [1.54, 1.807) is 0 Å². The molecule has 3 nitrogen and oxygen atoms in total. The van der Waals surface area contributed by atoms with Gasteiger partial charge in [0.15, 0.2) is 0 Å². The van der Waals surface area contributed by atoms with Gasteiger partial charge < -0.3 is 10.2 Å². The van der Waals surface area contributed by atoms with E-state index in [1.165, 1.54) is 31.6 Å². The molecule has 0 spiro atoms. The van der Waals surface area contributed by atoms with Gasteiger partial charge in [-0.05, 0) is 32.4 Å². The average Bonchev–Trinajstić information content (AvgIpc) is 2.29. The van der Waals surface area contributed by atoms with Crippen LogP contribution in [0.5, 0.6) is 0 Å². The lowest BCUT2D eigenvalue weighted by Crippen LogP contribution is -2.36. The Morgan fingerprint density at radius 2 is 2.13 bits per heavy atom. The first kappa shape index (κ1) is 12.5. The van der Waals surface area contributed by atoms with Crippen molar-refractivity contribution in [2.75, 3.05) is 32.7 Å². The third kappa shape index (κ3) is 5.17. The van der Waals surface area contributed by atoms with E-state index in [1.807, 2.05) is 0 Å². The summed E-state index contributed by atoms with van der Waals surface area (Å²) in [5.41, 5.74) is 0. The van der Waals surface area contributed by atoms with Crippen LogP contribution in [0.4, 0.5) is 0 Å². The van der Waals surface area contributed by atoms with Crippen molar-refractivity contribution in [1.29, 1.82) is 0 Å². The van der Waals surface area contributed by atoms with Crippen molar-refractivity contribution >= 4 is 5.84 Å². The zero-order chi connectivity index (χ0) is 10.9. The number of nitrogens with zero attached hydrogens (tertiary/aromatic N) is 2. The van der Waals surface area contributed by atoms with E-state index in [0.29, 0.717) is 0 Å². The molecule has 1 aliphatic rings. The number of hydrogen-bond donors (Lipinski definition) is 1. The smallest absolute Gasteiger partial charge is 0.0963 e. The third-order valence-corrected chi connectivity index (χ3v) is 2.87. The van der Waals surface area contributed by atoms with Crippen LogP contribution >= 0.6 is 0 Å². The van der Waals surface area contributed by atoms with Gasteiger partial charge in [-0.1, -0.05) is 13.8 Å². The van der Waals surface area contributed by atoms with Crippen LogP contribution in [0, 0.1) is 0 Å². The minimum absolute atomic E-state index is 1.02. The van der Waals surface area contributed by atoms with Crippen LogP contribution in [-0.2, 0) is 0 Å². The minimum atomic E-state index is 1.02. The summed E-state index contributed by atoms with van der Waals surface area (Å²) in [6, 6.07) is 0. The van der Waals surface area contributed by atoms with Crippen LogP contribution in [-0.4, -0.2) is 43.5 Å². The average molecular weight is 211 g/mol. The normalized spacial score (nSPS) is 16.6. The fourth-order valence-electron chi connectivity index (χ4n) is 1.94. The standard InChI is InChI=1S/C12H25N3/c1-3-10-15(4-2)11-9-14-12-7-5-6-8-13-12/h3-11H2,1-2H3,(H,13,14). The molecule has 0 aliphatic carbocycles. The topological polar surface area (TPSA) is 27.6 Å². The van der Waals surface area contributed by atoms with Gasteiger partial charge in [0.1, 0.15) is 0 Å². The highest BCUT2D eigenvalue weighted by Gasteiger charge is 2.05. The van der Waals surface area contributed by atoms with Crippen LogP contribution in [0.25, 0.3) is 0 Å². The molecule has 0 atom stereocenters. The number of amidine groups is 1. The van der Waals surface area contributed by atoms with Gasteiger partial charge in [0.25, 0.3) is 0 Å². The monoisotopic (exact) mass is 211 g/mol. The van der Waals surface area contributed by atoms with E-state index < -0.39 is 0 Å². The third-order valence-electron chi connectivity index (χ3n) is 2.87. The molecule has 0 saturated heterocycles. The van der Waals surface area contributed by atoms with Crippen molar-refractivity contribution in [3.05, 3.63) is 0 Å². The second-order valence-electron chi connectivity index (χ2n) is 4.15. The second-order valence-corrected chi connectivity index (χ2v) is 4.15. The Bertz CT molecular complexity index is 189. The lowest BCUT2D eigenvalue weighted by Gasteiger charge is -2.21. The summed E-state index contributed by atoms with van der Waals surface area (Å²) >= 11 is 0. The number of aliphatic imine (C=N–C) groups is 1. The summed E-state index contributed by atoms with van der Waals surface area (Å²) in [7, 11) is 0. The first-order valence-electron chi connectivity index (χ1n) is 6.36. The molecule has 3 heteroatoms. The zero-order valence-corrected chi connectivity index (χ0v) is 10.3. The van der Waals surface area contributed by atoms with Gasteiger partial charge in [-0.2, -0.15) is 0 Å². The minimum Gasteiger partial charge on any atom is -0.373 e. The highest BCUT2D eigenvalue weighted by molar-refractivity contribution is 5.82. The van der Waals surface area contributed by atoms with Gasteiger partial charge in [-0.15, -0.1) is 0 Å². The maximum absolute atomic E-state index is 4.49. The Balaban J connectivity index is 2.11. The second kappa shape index (κ2) is 7.69. The predicted molar refractivity (Wildman–Crippen MR) is 66.6 cm³/mol. The quantitative estimate of drug-likeness (QED) is 0.726. The highest BCUT2D eigenvalue weighted by Crippen LogP contribution is 2.03. The van der Waals surface area contributed by atoms with Crippen molar-refractivity contribution < 1.29 is 0 Å². The largest absolute Gasteiger partial charge is 0.373 e. The number of likely N-dealkylation sites (N-methyl/N-ethyl adjacent to an activating group) is 1. The van der Waals surface area contributed by atoms with Gasteiger partial charge in [0.05, 0.1) is 5.84 Å². The maximum atomic E-state index is 4.49. The summed E-state index contributed by atoms with van der Waals surface area (Å²) in [5, 5.41) is 3.45. The van der Waals surface area contributed by atoms with E-state index in [-0.39, 0.29) is 0 Å². The van der Waals surface area contributed by atoms with Crippen LogP contribution in [0.1, 0.15) is 39.5 Å². The lowest BCUT2D eigenvalue weighted by molar-refractivity contribution is 0.293. The van der Waals surface area contributed by atoms with Gasteiger partial charge in [0, 0.05) is 26.1 Å². The van der Waals surface area contributed by atoms with E-state index in [4.69, 9.17) is 0 Å². The molecule has 0 aromatic carbocycles. The SMILES string of the molecule is CCCN(CC)CCNC1=NCCCC1. The Morgan fingerprint density at radius 3 is 2.73 bits per heavy atom. The molecule has 88 valence electrons. The van der Waals surface area contributed by atoms with Crippen molar-refractivity contribution in [2.24, 2.45) is 4.99 Å². The van der Waals surface area contributed by atoms with E-state index >= 15 is 0 Å². The fraction of sp³-hybridized carbons (Fsp3) is 0.917. The summed E-state index contributed by atoms with van der Waals surface area (Å²) in [6.45, 7) is 10.0. The molecular weight excluding hydrogens is 186 g/mol. The summed E-state index contributed by atoms with van der Waals surface area (Å²) in [5.74, 6) is 1.23. The van der Waals surface area contributed by atoms with Crippen LogP contribution in [0.2, 0.25) is 0 Å². The first-order valence-corrected chi connectivity index (χ1v) is 6.36. The van der Waals surface area contributed by atoms with Gasteiger partial charge in [-0.25, -0.2) is 0 Å². The number of hydrogen-bond acceptors (Lipinski definition) is 3. The molecule has 1 heterocycles. The molecule has 0 radical (unpaired) electrons. The predicted octanol–water partition coefficient (Wildman–Crippen LogP) is 1.89. The zero-order valence-electron chi connectivity index (χ0n) is 10.3. The van der Waals surface area contributed by atoms with Crippen molar-refractivity contribution in [3.63, 3.8) is 0 Å². The molecule has 15 heavy (non-hydrogen) atoms. The Morgan fingerprint density at radius 1 is 1.27 bits per heavy atom. The number of rotatable bonds is 6. The van der Waals surface area contributed by atoms with Crippen LogP contribution in [0.15, 0.2) is 4.99 Å². The Labute approximate surface area is 94.0 Å². The van der Waals surface area contributed by atoms with Crippen LogP contribution in [0.3, 0.4) is 0 Å². The molecule has 0 aromatic heterocycles. The summed E-state index contributed by atoms with van der Waals surface area (Å²) in [6.07, 6.45) is 4.97. The lowest BCUT2D eigenvalue weighted by atomic mass is 10.2.